The predicted octanol–water partition coefficient (Wildman–Crippen LogP) is 1.39. The van der Waals surface area contributed by atoms with Crippen LogP contribution in [0.2, 0.25) is 0 Å². The second kappa shape index (κ2) is 5.44. The average molecular weight is 255 g/mol. The third kappa shape index (κ3) is 3.74. The third-order valence-corrected chi connectivity index (χ3v) is 3.99. The number of hydrogen-bond acceptors (Lipinski definition) is 5. The summed E-state index contributed by atoms with van der Waals surface area (Å²) in [6.45, 7) is 5.41. The van der Waals surface area contributed by atoms with Crippen molar-refractivity contribution in [1.82, 2.24) is 9.88 Å². The van der Waals surface area contributed by atoms with Crippen LogP contribution < -0.4 is 5.73 Å². The van der Waals surface area contributed by atoms with Gasteiger partial charge in [-0.2, -0.15) is 0 Å². The van der Waals surface area contributed by atoms with E-state index in [0.717, 1.165) is 49.8 Å². The van der Waals surface area contributed by atoms with E-state index in [4.69, 9.17) is 10.5 Å². The molecule has 1 aliphatic rings. The largest absolute Gasteiger partial charge is 0.381 e. The molecule has 0 unspecified atom stereocenters. The maximum atomic E-state index is 6.38. The van der Waals surface area contributed by atoms with Gasteiger partial charge in [0.25, 0.3) is 0 Å². The average Bonchev–Trinajstić information content (AvgIpc) is 2.63. The third-order valence-electron chi connectivity index (χ3n) is 3.17. The van der Waals surface area contributed by atoms with Gasteiger partial charge in [-0.3, -0.25) is 4.90 Å². The van der Waals surface area contributed by atoms with Gasteiger partial charge in [-0.1, -0.05) is 0 Å². The first-order valence-electron chi connectivity index (χ1n) is 6.04. The van der Waals surface area contributed by atoms with E-state index in [9.17, 15) is 0 Å². The molecule has 0 spiro atoms. The van der Waals surface area contributed by atoms with Gasteiger partial charge >= 0.3 is 0 Å². The molecule has 0 saturated carbocycles. The SMILES string of the molecule is Cc1nc(CN(C)CC2(N)CCOCC2)cs1. The van der Waals surface area contributed by atoms with E-state index in [1.54, 1.807) is 11.3 Å². The first-order valence-corrected chi connectivity index (χ1v) is 6.92. The summed E-state index contributed by atoms with van der Waals surface area (Å²) in [6, 6.07) is 0. The van der Waals surface area contributed by atoms with E-state index >= 15 is 0 Å². The number of aryl methyl sites for hydroxylation is 1. The first-order chi connectivity index (χ1) is 8.07. The Labute approximate surface area is 107 Å². The van der Waals surface area contributed by atoms with Crippen molar-refractivity contribution < 1.29 is 4.74 Å². The Kier molecular flexibility index (Phi) is 4.14. The monoisotopic (exact) mass is 255 g/mol. The summed E-state index contributed by atoms with van der Waals surface area (Å²) in [5.41, 5.74) is 7.44. The Morgan fingerprint density at radius 3 is 2.82 bits per heavy atom. The zero-order chi connectivity index (χ0) is 12.3. The molecule has 0 radical (unpaired) electrons. The Hall–Kier alpha value is -0.490. The summed E-state index contributed by atoms with van der Waals surface area (Å²) in [5.74, 6) is 0. The topological polar surface area (TPSA) is 51.4 Å². The van der Waals surface area contributed by atoms with Crippen LogP contribution in [-0.2, 0) is 11.3 Å². The molecule has 1 aromatic heterocycles. The van der Waals surface area contributed by atoms with E-state index < -0.39 is 0 Å². The van der Waals surface area contributed by atoms with Crippen LogP contribution in [0.15, 0.2) is 5.38 Å². The summed E-state index contributed by atoms with van der Waals surface area (Å²) in [4.78, 5) is 6.74. The Morgan fingerprint density at radius 2 is 2.24 bits per heavy atom. The smallest absolute Gasteiger partial charge is 0.0897 e. The lowest BCUT2D eigenvalue weighted by atomic mass is 9.91. The summed E-state index contributed by atoms with van der Waals surface area (Å²) < 4.78 is 5.36. The van der Waals surface area contributed by atoms with Gasteiger partial charge in [0.05, 0.1) is 10.7 Å². The molecule has 0 aliphatic carbocycles. The molecular formula is C12H21N3OS. The highest BCUT2D eigenvalue weighted by molar-refractivity contribution is 7.09. The van der Waals surface area contributed by atoms with Gasteiger partial charge < -0.3 is 10.5 Å². The van der Waals surface area contributed by atoms with E-state index in [1.807, 2.05) is 6.92 Å². The second-order valence-electron chi connectivity index (χ2n) is 5.00. The highest BCUT2D eigenvalue weighted by Gasteiger charge is 2.29. The van der Waals surface area contributed by atoms with Crippen molar-refractivity contribution >= 4 is 11.3 Å². The Morgan fingerprint density at radius 1 is 1.53 bits per heavy atom. The predicted molar refractivity (Wildman–Crippen MR) is 70.2 cm³/mol. The minimum Gasteiger partial charge on any atom is -0.381 e. The van der Waals surface area contributed by atoms with Crippen molar-refractivity contribution in [2.75, 3.05) is 26.8 Å². The van der Waals surface area contributed by atoms with Crippen LogP contribution in [-0.4, -0.2) is 42.2 Å². The summed E-state index contributed by atoms with van der Waals surface area (Å²) in [6.07, 6.45) is 1.90. The zero-order valence-corrected chi connectivity index (χ0v) is 11.4. The minimum atomic E-state index is -0.0853. The molecule has 5 heteroatoms. The van der Waals surface area contributed by atoms with Crippen LogP contribution in [0.1, 0.15) is 23.5 Å². The molecular weight excluding hydrogens is 234 g/mol. The maximum absolute atomic E-state index is 6.38. The normalized spacial score (nSPS) is 19.8. The highest BCUT2D eigenvalue weighted by Crippen LogP contribution is 2.19. The van der Waals surface area contributed by atoms with Gasteiger partial charge in [-0.25, -0.2) is 4.98 Å². The molecule has 17 heavy (non-hydrogen) atoms. The summed E-state index contributed by atoms with van der Waals surface area (Å²) >= 11 is 1.70. The summed E-state index contributed by atoms with van der Waals surface area (Å²) in [5, 5.41) is 3.25. The van der Waals surface area contributed by atoms with Gasteiger partial charge in [0.1, 0.15) is 0 Å². The fraction of sp³-hybridized carbons (Fsp3) is 0.750. The van der Waals surface area contributed by atoms with Gasteiger partial charge in [0.15, 0.2) is 0 Å². The number of rotatable bonds is 4. The van der Waals surface area contributed by atoms with Crippen molar-refractivity contribution in [3.8, 4) is 0 Å². The lowest BCUT2D eigenvalue weighted by molar-refractivity contribution is 0.0401. The van der Waals surface area contributed by atoms with Crippen molar-refractivity contribution in [2.45, 2.75) is 31.8 Å². The fourth-order valence-corrected chi connectivity index (χ4v) is 2.89. The van der Waals surface area contributed by atoms with Crippen molar-refractivity contribution in [2.24, 2.45) is 5.73 Å². The van der Waals surface area contributed by atoms with Crippen molar-refractivity contribution in [1.29, 1.82) is 0 Å². The van der Waals surface area contributed by atoms with Crippen LogP contribution in [0.4, 0.5) is 0 Å². The molecule has 1 aromatic rings. The van der Waals surface area contributed by atoms with E-state index in [1.165, 1.54) is 0 Å². The maximum Gasteiger partial charge on any atom is 0.0897 e. The number of thiazole rings is 1. The molecule has 1 fully saturated rings. The molecule has 0 amide bonds. The molecule has 4 nitrogen and oxygen atoms in total. The second-order valence-corrected chi connectivity index (χ2v) is 6.07. The molecule has 0 bridgehead atoms. The zero-order valence-electron chi connectivity index (χ0n) is 10.6. The summed E-state index contributed by atoms with van der Waals surface area (Å²) in [7, 11) is 2.11. The lowest BCUT2D eigenvalue weighted by Gasteiger charge is -2.36. The van der Waals surface area contributed by atoms with Crippen LogP contribution >= 0.6 is 11.3 Å². The van der Waals surface area contributed by atoms with Crippen LogP contribution in [0.3, 0.4) is 0 Å². The standard InChI is InChI=1S/C12H21N3OS/c1-10-14-11(8-17-10)7-15(2)9-12(13)3-5-16-6-4-12/h8H,3-7,9,13H2,1-2H3. The first kappa shape index (κ1) is 13.0. The van der Waals surface area contributed by atoms with Crippen LogP contribution in [0.5, 0.6) is 0 Å². The molecule has 0 atom stereocenters. The quantitative estimate of drug-likeness (QED) is 0.883. The number of hydrogen-bond donors (Lipinski definition) is 1. The highest BCUT2D eigenvalue weighted by atomic mass is 32.1. The van der Waals surface area contributed by atoms with Gasteiger partial charge in [0.2, 0.25) is 0 Å². The van der Waals surface area contributed by atoms with Crippen molar-refractivity contribution in [3.05, 3.63) is 16.1 Å². The molecule has 2 N–H and O–H groups in total. The number of nitrogens with two attached hydrogens (primary N) is 1. The van der Waals surface area contributed by atoms with Gasteiger partial charge in [-0.15, -0.1) is 11.3 Å². The van der Waals surface area contributed by atoms with E-state index in [-0.39, 0.29) is 5.54 Å². The molecule has 96 valence electrons. The van der Waals surface area contributed by atoms with E-state index in [2.05, 4.69) is 22.3 Å². The Bertz CT molecular complexity index is 360. The number of nitrogens with zero attached hydrogens (tertiary/aromatic N) is 2. The number of aromatic nitrogens is 1. The lowest BCUT2D eigenvalue weighted by Crippen LogP contribution is -2.52. The van der Waals surface area contributed by atoms with Gasteiger partial charge in [-0.05, 0) is 26.8 Å². The number of likely N-dealkylation sites (N-methyl/N-ethyl adjacent to an activating group) is 1. The van der Waals surface area contributed by atoms with E-state index in [0.29, 0.717) is 0 Å². The molecule has 2 heterocycles. The Balaban J connectivity index is 1.85. The number of ether oxygens (including phenoxy) is 1. The van der Waals surface area contributed by atoms with Gasteiger partial charge in [0, 0.05) is 37.2 Å². The molecule has 1 aliphatic heterocycles. The molecule has 2 rings (SSSR count). The van der Waals surface area contributed by atoms with Crippen LogP contribution in [0.25, 0.3) is 0 Å². The molecule has 0 aromatic carbocycles. The van der Waals surface area contributed by atoms with Crippen LogP contribution in [0, 0.1) is 6.92 Å². The van der Waals surface area contributed by atoms with Crippen molar-refractivity contribution in [3.63, 3.8) is 0 Å². The molecule has 1 saturated heterocycles. The fourth-order valence-electron chi connectivity index (χ4n) is 2.29. The minimum absolute atomic E-state index is 0.0853.